The van der Waals surface area contributed by atoms with Crippen molar-refractivity contribution >= 4 is 27.9 Å². The van der Waals surface area contributed by atoms with Crippen LogP contribution in [0, 0.1) is 0 Å². The van der Waals surface area contributed by atoms with Crippen molar-refractivity contribution in [2.24, 2.45) is 0 Å². The molecule has 0 saturated heterocycles. The Morgan fingerprint density at radius 1 is 1.21 bits per heavy atom. The SMILES string of the molecule is CCc1ccsc1CNc1nncc2ccccc12. The highest BCUT2D eigenvalue weighted by atomic mass is 32.1. The molecule has 0 unspecified atom stereocenters. The van der Waals surface area contributed by atoms with Crippen molar-refractivity contribution in [2.45, 2.75) is 19.9 Å². The summed E-state index contributed by atoms with van der Waals surface area (Å²) in [5, 5.41) is 16.0. The van der Waals surface area contributed by atoms with Gasteiger partial charge in [-0.15, -0.1) is 16.4 Å². The van der Waals surface area contributed by atoms with Crippen LogP contribution < -0.4 is 5.32 Å². The maximum Gasteiger partial charge on any atom is 0.156 e. The highest BCUT2D eigenvalue weighted by Crippen LogP contribution is 2.22. The quantitative estimate of drug-likeness (QED) is 0.781. The van der Waals surface area contributed by atoms with Crippen LogP contribution in [0.3, 0.4) is 0 Å². The largest absolute Gasteiger partial charge is 0.363 e. The van der Waals surface area contributed by atoms with Crippen LogP contribution in [-0.2, 0) is 13.0 Å². The minimum Gasteiger partial charge on any atom is -0.363 e. The van der Waals surface area contributed by atoms with Crippen LogP contribution in [-0.4, -0.2) is 10.2 Å². The monoisotopic (exact) mass is 269 g/mol. The molecule has 0 radical (unpaired) electrons. The Kier molecular flexibility index (Phi) is 3.42. The van der Waals surface area contributed by atoms with E-state index >= 15 is 0 Å². The highest BCUT2D eigenvalue weighted by Gasteiger charge is 2.05. The maximum absolute atomic E-state index is 4.21. The van der Waals surface area contributed by atoms with Gasteiger partial charge in [-0.1, -0.05) is 31.2 Å². The number of hydrogen-bond donors (Lipinski definition) is 1. The van der Waals surface area contributed by atoms with Crippen molar-refractivity contribution in [3.63, 3.8) is 0 Å². The summed E-state index contributed by atoms with van der Waals surface area (Å²) in [7, 11) is 0. The van der Waals surface area contributed by atoms with E-state index < -0.39 is 0 Å². The molecule has 0 aliphatic heterocycles. The van der Waals surface area contributed by atoms with Crippen molar-refractivity contribution in [3.8, 4) is 0 Å². The Balaban J connectivity index is 1.86. The Hall–Kier alpha value is -1.94. The van der Waals surface area contributed by atoms with Crippen molar-refractivity contribution < 1.29 is 0 Å². The number of hydrogen-bond acceptors (Lipinski definition) is 4. The van der Waals surface area contributed by atoms with Gasteiger partial charge < -0.3 is 5.32 Å². The third-order valence-corrected chi connectivity index (χ3v) is 4.17. The second-order valence-corrected chi connectivity index (χ2v) is 5.36. The number of rotatable bonds is 4. The zero-order valence-corrected chi connectivity index (χ0v) is 11.6. The van der Waals surface area contributed by atoms with Crippen LogP contribution in [0.25, 0.3) is 10.8 Å². The minimum atomic E-state index is 0.809. The normalized spacial score (nSPS) is 10.8. The fourth-order valence-corrected chi connectivity index (χ4v) is 3.08. The molecule has 0 aliphatic rings. The summed E-state index contributed by atoms with van der Waals surface area (Å²) in [4.78, 5) is 1.37. The summed E-state index contributed by atoms with van der Waals surface area (Å²) >= 11 is 1.79. The molecule has 2 aromatic heterocycles. The maximum atomic E-state index is 4.21. The van der Waals surface area contributed by atoms with E-state index in [9.17, 15) is 0 Å². The number of thiophene rings is 1. The average molecular weight is 269 g/mol. The van der Waals surface area contributed by atoms with Crippen LogP contribution in [0.4, 0.5) is 5.82 Å². The molecule has 3 aromatic rings. The average Bonchev–Trinajstić information content (AvgIpc) is 2.92. The molecule has 0 aliphatic carbocycles. The zero-order valence-electron chi connectivity index (χ0n) is 10.8. The lowest BCUT2D eigenvalue weighted by atomic mass is 10.2. The third-order valence-electron chi connectivity index (χ3n) is 3.21. The van der Waals surface area contributed by atoms with E-state index in [1.807, 2.05) is 12.1 Å². The number of fused-ring (bicyclic) bond motifs is 1. The Labute approximate surface area is 116 Å². The summed E-state index contributed by atoms with van der Waals surface area (Å²) in [5.41, 5.74) is 1.41. The molecular weight excluding hydrogens is 254 g/mol. The van der Waals surface area contributed by atoms with Crippen molar-refractivity contribution in [1.29, 1.82) is 0 Å². The van der Waals surface area contributed by atoms with Crippen molar-refractivity contribution in [1.82, 2.24) is 10.2 Å². The first kappa shape index (κ1) is 12.1. The van der Waals surface area contributed by atoms with Gasteiger partial charge in [-0.25, -0.2) is 0 Å². The van der Waals surface area contributed by atoms with E-state index in [0.717, 1.165) is 29.6 Å². The van der Waals surface area contributed by atoms with Gasteiger partial charge in [-0.05, 0) is 23.4 Å². The van der Waals surface area contributed by atoms with Crippen molar-refractivity contribution in [3.05, 3.63) is 52.3 Å². The molecule has 1 N–H and O–H groups in total. The first-order valence-corrected chi connectivity index (χ1v) is 7.26. The summed E-state index contributed by atoms with van der Waals surface area (Å²) in [5.74, 6) is 0.855. The molecule has 4 heteroatoms. The molecule has 2 heterocycles. The molecule has 0 fully saturated rings. The molecule has 96 valence electrons. The molecule has 19 heavy (non-hydrogen) atoms. The second kappa shape index (κ2) is 5.36. The van der Waals surface area contributed by atoms with E-state index in [-0.39, 0.29) is 0 Å². The number of nitrogens with one attached hydrogen (secondary N) is 1. The van der Waals surface area contributed by atoms with E-state index in [2.05, 4.69) is 46.0 Å². The van der Waals surface area contributed by atoms with E-state index in [0.29, 0.717) is 0 Å². The summed E-state index contributed by atoms with van der Waals surface area (Å²) in [6, 6.07) is 10.4. The number of benzene rings is 1. The lowest BCUT2D eigenvalue weighted by Crippen LogP contribution is -2.03. The van der Waals surface area contributed by atoms with Gasteiger partial charge >= 0.3 is 0 Å². The summed E-state index contributed by atoms with van der Waals surface area (Å²) < 4.78 is 0. The fraction of sp³-hybridized carbons (Fsp3) is 0.200. The number of aryl methyl sites for hydroxylation is 1. The standard InChI is InChI=1S/C15H15N3S/c1-2-11-7-8-19-14(11)10-16-15-13-6-4-3-5-12(13)9-17-18-15/h3-9H,2,10H2,1H3,(H,16,18). The van der Waals surface area contributed by atoms with Gasteiger partial charge in [0.15, 0.2) is 5.82 Å². The summed E-state index contributed by atoms with van der Waals surface area (Å²) in [6.07, 6.45) is 2.87. The van der Waals surface area contributed by atoms with Crippen LogP contribution in [0.15, 0.2) is 41.9 Å². The van der Waals surface area contributed by atoms with Gasteiger partial charge in [0.1, 0.15) is 0 Å². The molecule has 0 atom stereocenters. The first-order chi connectivity index (χ1) is 9.38. The predicted molar refractivity (Wildman–Crippen MR) is 80.6 cm³/mol. The fourth-order valence-electron chi connectivity index (χ4n) is 2.16. The minimum absolute atomic E-state index is 0.809. The van der Waals surface area contributed by atoms with Crippen molar-refractivity contribution in [2.75, 3.05) is 5.32 Å². The highest BCUT2D eigenvalue weighted by molar-refractivity contribution is 7.10. The van der Waals surface area contributed by atoms with Crippen LogP contribution in [0.2, 0.25) is 0 Å². The van der Waals surface area contributed by atoms with Crippen LogP contribution in [0.1, 0.15) is 17.4 Å². The molecule has 0 amide bonds. The molecule has 0 saturated carbocycles. The molecule has 0 spiro atoms. The Morgan fingerprint density at radius 3 is 3.00 bits per heavy atom. The van der Waals surface area contributed by atoms with Gasteiger partial charge in [-0.3, -0.25) is 0 Å². The van der Waals surface area contributed by atoms with Gasteiger partial charge in [0.05, 0.1) is 12.7 Å². The van der Waals surface area contributed by atoms with E-state index in [1.54, 1.807) is 17.5 Å². The number of aromatic nitrogens is 2. The second-order valence-electron chi connectivity index (χ2n) is 4.36. The van der Waals surface area contributed by atoms with E-state index in [4.69, 9.17) is 0 Å². The zero-order chi connectivity index (χ0) is 13.1. The Bertz CT molecular complexity index is 685. The molecule has 3 nitrogen and oxygen atoms in total. The summed E-state index contributed by atoms with van der Waals surface area (Å²) in [6.45, 7) is 2.99. The lowest BCUT2D eigenvalue weighted by molar-refractivity contribution is 1.01. The van der Waals surface area contributed by atoms with Gasteiger partial charge in [0.2, 0.25) is 0 Å². The van der Waals surface area contributed by atoms with Crippen LogP contribution >= 0.6 is 11.3 Å². The van der Waals surface area contributed by atoms with Crippen LogP contribution in [0.5, 0.6) is 0 Å². The smallest absolute Gasteiger partial charge is 0.156 e. The van der Waals surface area contributed by atoms with Gasteiger partial charge in [-0.2, -0.15) is 5.10 Å². The number of nitrogens with zero attached hydrogens (tertiary/aromatic N) is 2. The lowest BCUT2D eigenvalue weighted by Gasteiger charge is -2.07. The molecule has 3 rings (SSSR count). The molecule has 0 bridgehead atoms. The predicted octanol–water partition coefficient (Wildman–Crippen LogP) is 3.87. The molecular formula is C15H15N3S. The first-order valence-electron chi connectivity index (χ1n) is 6.38. The Morgan fingerprint density at radius 2 is 2.11 bits per heavy atom. The van der Waals surface area contributed by atoms with Gasteiger partial charge in [0.25, 0.3) is 0 Å². The molecule has 1 aromatic carbocycles. The van der Waals surface area contributed by atoms with E-state index in [1.165, 1.54) is 10.4 Å². The topological polar surface area (TPSA) is 37.8 Å². The van der Waals surface area contributed by atoms with Gasteiger partial charge in [0, 0.05) is 15.6 Å². The number of anilines is 1. The third kappa shape index (κ3) is 2.44.